The number of carbonyl (C=O) groups is 2. The monoisotopic (exact) mass is 446 g/mol. The highest BCUT2D eigenvalue weighted by atomic mass is 35.5. The predicted octanol–water partition coefficient (Wildman–Crippen LogP) is 6.14. The number of hydrogen-bond acceptors (Lipinski definition) is 3. The first-order valence-electron chi connectivity index (χ1n) is 12.0. The third-order valence-corrected chi connectivity index (χ3v) is 5.25. The zero-order valence-electron chi connectivity index (χ0n) is 19.2. The van der Waals surface area contributed by atoms with Crippen molar-refractivity contribution in [3.63, 3.8) is 0 Å². The van der Waals surface area contributed by atoms with Gasteiger partial charge in [0.2, 0.25) is 5.91 Å². The number of carboxylic acid groups (broad SMARTS) is 1. The Kier molecular flexibility index (Phi) is 25.1. The van der Waals surface area contributed by atoms with Gasteiger partial charge in [0.25, 0.3) is 0 Å². The van der Waals surface area contributed by atoms with E-state index in [1.54, 1.807) is 0 Å². The number of carbonyl (C=O) groups excluding carboxylic acids is 1. The Morgan fingerprint density at radius 3 is 1.90 bits per heavy atom. The second-order valence-electron chi connectivity index (χ2n) is 8.08. The Bertz CT molecular complexity index is 431. The standard InChI is InChI=1S/C24H46N2O3.ClH/c1-2-3-4-5-6-7-8-9-10-11-12-13-14-15-16-20-23(27)26-22(24(28)29)19-17-18-21-25;/h9-10,22H,2-8,11-21,25H2,1H3,(H,26,27)(H,28,29);1H/b10-9-;/t22-;/m1./s1. The molecule has 0 aromatic rings. The van der Waals surface area contributed by atoms with Crippen molar-refractivity contribution in [2.75, 3.05) is 6.54 Å². The number of rotatable bonds is 21. The molecular weight excluding hydrogens is 400 g/mol. The highest BCUT2D eigenvalue weighted by Gasteiger charge is 2.18. The topological polar surface area (TPSA) is 92.4 Å². The lowest BCUT2D eigenvalue weighted by atomic mass is 10.1. The molecule has 0 radical (unpaired) electrons. The Balaban J connectivity index is 0. The lowest BCUT2D eigenvalue weighted by Gasteiger charge is -2.14. The summed E-state index contributed by atoms with van der Waals surface area (Å²) in [4.78, 5) is 23.1. The summed E-state index contributed by atoms with van der Waals surface area (Å²) in [6, 6.07) is -0.780. The number of nitrogens with one attached hydrogen (secondary N) is 1. The van der Waals surface area contributed by atoms with Crippen molar-refractivity contribution in [2.45, 2.75) is 122 Å². The van der Waals surface area contributed by atoms with Gasteiger partial charge in [-0.1, -0.05) is 70.4 Å². The molecular formula is C24H47ClN2O3. The Morgan fingerprint density at radius 1 is 0.833 bits per heavy atom. The van der Waals surface area contributed by atoms with E-state index in [0.717, 1.165) is 38.5 Å². The fourth-order valence-corrected chi connectivity index (χ4v) is 3.37. The SMILES string of the molecule is CCCCCCCC/C=C\CCCCCCCC(=O)N[C@H](CCCCN)C(=O)O.Cl. The van der Waals surface area contributed by atoms with Crippen LogP contribution in [0.3, 0.4) is 0 Å². The van der Waals surface area contributed by atoms with E-state index >= 15 is 0 Å². The van der Waals surface area contributed by atoms with Gasteiger partial charge in [-0.25, -0.2) is 4.79 Å². The fraction of sp³-hybridized carbons (Fsp3) is 0.833. The van der Waals surface area contributed by atoms with E-state index in [2.05, 4.69) is 24.4 Å². The van der Waals surface area contributed by atoms with Crippen molar-refractivity contribution in [3.05, 3.63) is 12.2 Å². The van der Waals surface area contributed by atoms with E-state index in [1.807, 2.05) is 0 Å². The van der Waals surface area contributed by atoms with E-state index < -0.39 is 12.0 Å². The van der Waals surface area contributed by atoms with Crippen LogP contribution in [0.4, 0.5) is 0 Å². The molecule has 0 fully saturated rings. The van der Waals surface area contributed by atoms with Gasteiger partial charge in [0, 0.05) is 6.42 Å². The fourth-order valence-electron chi connectivity index (χ4n) is 3.37. The highest BCUT2D eigenvalue weighted by Crippen LogP contribution is 2.10. The van der Waals surface area contributed by atoms with Crippen molar-refractivity contribution in [1.82, 2.24) is 5.32 Å². The average Bonchev–Trinajstić information content (AvgIpc) is 2.70. The third-order valence-electron chi connectivity index (χ3n) is 5.25. The largest absolute Gasteiger partial charge is 0.480 e. The molecule has 0 aliphatic rings. The van der Waals surface area contributed by atoms with E-state index in [1.165, 1.54) is 57.8 Å². The van der Waals surface area contributed by atoms with Gasteiger partial charge in [-0.3, -0.25) is 4.79 Å². The van der Waals surface area contributed by atoms with Gasteiger partial charge < -0.3 is 16.2 Å². The molecule has 6 heteroatoms. The van der Waals surface area contributed by atoms with Crippen LogP contribution in [0.1, 0.15) is 116 Å². The quantitative estimate of drug-likeness (QED) is 0.146. The molecule has 1 amide bonds. The first kappa shape index (κ1) is 31.1. The van der Waals surface area contributed by atoms with Crippen molar-refractivity contribution < 1.29 is 14.7 Å². The zero-order chi connectivity index (χ0) is 21.6. The van der Waals surface area contributed by atoms with Crippen molar-refractivity contribution in [1.29, 1.82) is 0 Å². The highest BCUT2D eigenvalue weighted by molar-refractivity contribution is 5.85. The number of allylic oxidation sites excluding steroid dienone is 2. The number of amides is 1. The maximum Gasteiger partial charge on any atom is 0.326 e. The number of aliphatic carboxylic acids is 1. The third kappa shape index (κ3) is 21.6. The second kappa shape index (κ2) is 24.2. The van der Waals surface area contributed by atoms with Crippen LogP contribution in [-0.4, -0.2) is 29.6 Å². The van der Waals surface area contributed by atoms with Crippen LogP contribution in [0.5, 0.6) is 0 Å². The van der Waals surface area contributed by atoms with Crippen molar-refractivity contribution >= 4 is 24.3 Å². The summed E-state index contributed by atoms with van der Waals surface area (Å²) in [5.41, 5.74) is 5.42. The van der Waals surface area contributed by atoms with E-state index in [9.17, 15) is 14.7 Å². The Labute approximate surface area is 191 Å². The summed E-state index contributed by atoms with van der Waals surface area (Å²) in [5, 5.41) is 11.8. The van der Waals surface area contributed by atoms with Crippen molar-refractivity contribution in [2.24, 2.45) is 5.73 Å². The molecule has 0 spiro atoms. The van der Waals surface area contributed by atoms with Gasteiger partial charge in [-0.05, 0) is 57.9 Å². The molecule has 0 unspecified atom stereocenters. The van der Waals surface area contributed by atoms with Gasteiger partial charge in [-0.15, -0.1) is 12.4 Å². The molecule has 0 saturated carbocycles. The molecule has 0 rings (SSSR count). The minimum absolute atomic E-state index is 0. The number of unbranched alkanes of at least 4 members (excludes halogenated alkanes) is 12. The molecule has 5 nitrogen and oxygen atoms in total. The minimum Gasteiger partial charge on any atom is -0.480 e. The van der Waals surface area contributed by atoms with Crippen molar-refractivity contribution in [3.8, 4) is 0 Å². The Hall–Kier alpha value is -1.07. The molecule has 0 saturated heterocycles. The average molecular weight is 447 g/mol. The molecule has 0 bridgehead atoms. The van der Waals surface area contributed by atoms with Crippen LogP contribution >= 0.6 is 12.4 Å². The molecule has 0 aliphatic carbocycles. The molecule has 4 N–H and O–H groups in total. The smallest absolute Gasteiger partial charge is 0.326 e. The van der Waals surface area contributed by atoms with Gasteiger partial charge in [0.1, 0.15) is 6.04 Å². The summed E-state index contributed by atoms with van der Waals surface area (Å²) in [5.74, 6) is -1.11. The van der Waals surface area contributed by atoms with Gasteiger partial charge >= 0.3 is 5.97 Å². The zero-order valence-corrected chi connectivity index (χ0v) is 20.0. The number of carboxylic acids is 1. The lowest BCUT2D eigenvalue weighted by molar-refractivity contribution is -0.142. The van der Waals surface area contributed by atoms with Gasteiger partial charge in [0.05, 0.1) is 0 Å². The van der Waals surface area contributed by atoms with Crippen LogP contribution in [0.15, 0.2) is 12.2 Å². The van der Waals surface area contributed by atoms with Gasteiger partial charge in [-0.2, -0.15) is 0 Å². The molecule has 1 atom stereocenters. The molecule has 30 heavy (non-hydrogen) atoms. The summed E-state index contributed by atoms with van der Waals surface area (Å²) in [6.45, 7) is 2.80. The van der Waals surface area contributed by atoms with Crippen LogP contribution < -0.4 is 11.1 Å². The van der Waals surface area contributed by atoms with Crippen LogP contribution in [0, 0.1) is 0 Å². The van der Waals surface area contributed by atoms with Gasteiger partial charge in [0.15, 0.2) is 0 Å². The first-order valence-corrected chi connectivity index (χ1v) is 12.0. The first-order chi connectivity index (χ1) is 14.1. The van der Waals surface area contributed by atoms with Crippen LogP contribution in [-0.2, 0) is 9.59 Å². The molecule has 0 aromatic heterocycles. The molecule has 0 aromatic carbocycles. The number of nitrogens with two attached hydrogens (primary N) is 1. The normalized spacial score (nSPS) is 11.9. The van der Waals surface area contributed by atoms with E-state index in [0.29, 0.717) is 19.4 Å². The summed E-state index contributed by atoms with van der Waals surface area (Å²) in [7, 11) is 0. The predicted molar refractivity (Wildman–Crippen MR) is 129 cm³/mol. The maximum atomic E-state index is 11.9. The Morgan fingerprint density at radius 2 is 1.37 bits per heavy atom. The molecule has 178 valence electrons. The van der Waals surface area contributed by atoms with E-state index in [-0.39, 0.29) is 18.3 Å². The summed E-state index contributed by atoms with van der Waals surface area (Å²) in [6.07, 6.45) is 22.9. The maximum absolute atomic E-state index is 11.9. The lowest BCUT2D eigenvalue weighted by Crippen LogP contribution is -2.40. The summed E-state index contributed by atoms with van der Waals surface area (Å²) < 4.78 is 0. The van der Waals surface area contributed by atoms with E-state index in [4.69, 9.17) is 5.73 Å². The van der Waals surface area contributed by atoms with Crippen LogP contribution in [0.25, 0.3) is 0 Å². The van der Waals surface area contributed by atoms with Crippen LogP contribution in [0.2, 0.25) is 0 Å². The minimum atomic E-state index is -0.958. The second-order valence-corrected chi connectivity index (χ2v) is 8.08. The summed E-state index contributed by atoms with van der Waals surface area (Å²) >= 11 is 0. The molecule has 0 heterocycles. The number of halogens is 1. The molecule has 0 aliphatic heterocycles. The number of hydrogen-bond donors (Lipinski definition) is 3.